The van der Waals surface area contributed by atoms with E-state index in [-0.39, 0.29) is 0 Å². The van der Waals surface area contributed by atoms with Gasteiger partial charge < -0.3 is 14.8 Å². The van der Waals surface area contributed by atoms with E-state index in [1.54, 1.807) is 0 Å². The molecule has 1 aromatic carbocycles. The van der Waals surface area contributed by atoms with Gasteiger partial charge in [0.1, 0.15) is 0 Å². The lowest BCUT2D eigenvalue weighted by molar-refractivity contribution is -0.894. The smallest absolute Gasteiger partial charge is 0.0912 e. The number of anilines is 1. The first-order valence-corrected chi connectivity index (χ1v) is 7.93. The first kappa shape index (κ1) is 14.4. The van der Waals surface area contributed by atoms with Gasteiger partial charge in [0.2, 0.25) is 0 Å². The molecule has 2 N–H and O–H groups in total. The van der Waals surface area contributed by atoms with Crippen LogP contribution in [-0.4, -0.2) is 60.8 Å². The molecule has 2 aromatic rings. The van der Waals surface area contributed by atoms with Crippen molar-refractivity contribution in [2.75, 3.05) is 52.6 Å². The van der Waals surface area contributed by atoms with Crippen LogP contribution >= 0.6 is 0 Å². The first-order valence-electron chi connectivity index (χ1n) is 7.93. The second kappa shape index (κ2) is 5.70. The molecule has 0 saturated carbocycles. The van der Waals surface area contributed by atoms with Crippen LogP contribution in [0.2, 0.25) is 0 Å². The Morgan fingerprint density at radius 1 is 1.10 bits per heavy atom. The van der Waals surface area contributed by atoms with E-state index in [4.69, 9.17) is 5.73 Å². The summed E-state index contributed by atoms with van der Waals surface area (Å²) in [4.78, 5) is 2.60. The SMILES string of the molecule is C[N+]1(C)CCN(CCCn2ccc3c(N)cccc32)CC1. The summed E-state index contributed by atoms with van der Waals surface area (Å²) >= 11 is 0. The van der Waals surface area contributed by atoms with E-state index in [1.807, 2.05) is 12.1 Å². The number of benzene rings is 1. The van der Waals surface area contributed by atoms with E-state index in [9.17, 15) is 0 Å². The maximum atomic E-state index is 6.02. The maximum absolute atomic E-state index is 6.02. The van der Waals surface area contributed by atoms with Crippen LogP contribution in [0.4, 0.5) is 5.69 Å². The Morgan fingerprint density at radius 3 is 2.62 bits per heavy atom. The fourth-order valence-corrected chi connectivity index (χ4v) is 3.18. The Hall–Kier alpha value is -1.52. The second-order valence-corrected chi connectivity index (χ2v) is 6.87. The predicted octanol–water partition coefficient (Wildman–Crippen LogP) is 2.01. The highest BCUT2D eigenvalue weighted by Gasteiger charge is 2.23. The standard InChI is InChI=1S/C17H27N4/c1-21(2)13-11-19(12-14-21)8-4-9-20-10-7-15-16(18)5-3-6-17(15)20/h3,5-7,10H,4,8-9,11-14,18H2,1-2H3/q+1. The van der Waals surface area contributed by atoms with Crippen LogP contribution in [0.15, 0.2) is 30.5 Å². The topological polar surface area (TPSA) is 34.2 Å². The number of aromatic nitrogens is 1. The van der Waals surface area contributed by atoms with Gasteiger partial charge in [-0.2, -0.15) is 0 Å². The molecule has 0 bridgehead atoms. The Morgan fingerprint density at radius 2 is 1.86 bits per heavy atom. The average Bonchev–Trinajstić information content (AvgIpc) is 2.86. The summed E-state index contributed by atoms with van der Waals surface area (Å²) < 4.78 is 3.49. The third kappa shape index (κ3) is 3.22. The van der Waals surface area contributed by atoms with Gasteiger partial charge in [-0.15, -0.1) is 0 Å². The zero-order valence-electron chi connectivity index (χ0n) is 13.3. The van der Waals surface area contributed by atoms with Crippen molar-refractivity contribution < 1.29 is 4.48 Å². The number of hydrogen-bond donors (Lipinski definition) is 1. The molecule has 1 aliphatic rings. The molecule has 1 fully saturated rings. The van der Waals surface area contributed by atoms with Crippen molar-refractivity contribution in [2.24, 2.45) is 0 Å². The van der Waals surface area contributed by atoms with Gasteiger partial charge in [-0.05, 0) is 24.6 Å². The van der Waals surface area contributed by atoms with Crippen molar-refractivity contribution in [1.29, 1.82) is 0 Å². The van der Waals surface area contributed by atoms with Crippen LogP contribution in [0.5, 0.6) is 0 Å². The van der Waals surface area contributed by atoms with Gasteiger partial charge in [0.15, 0.2) is 0 Å². The van der Waals surface area contributed by atoms with E-state index in [2.05, 4.69) is 41.9 Å². The molecular formula is C17H27N4+. The summed E-state index contributed by atoms with van der Waals surface area (Å²) in [5, 5.41) is 1.18. The number of rotatable bonds is 4. The number of nitrogens with two attached hydrogens (primary N) is 1. The molecule has 1 aliphatic heterocycles. The number of likely N-dealkylation sites (N-methyl/N-ethyl adjacent to an activating group) is 1. The molecule has 0 aliphatic carbocycles. The van der Waals surface area contributed by atoms with Gasteiger partial charge >= 0.3 is 0 Å². The third-order valence-electron chi connectivity index (χ3n) is 4.76. The molecule has 2 heterocycles. The van der Waals surface area contributed by atoms with Crippen LogP contribution in [0, 0.1) is 0 Å². The Bertz CT molecular complexity index is 604. The molecule has 0 radical (unpaired) electrons. The minimum Gasteiger partial charge on any atom is -0.398 e. The Kier molecular flexibility index (Phi) is 3.91. The normalized spacial score (nSPS) is 19.1. The molecule has 4 nitrogen and oxygen atoms in total. The van der Waals surface area contributed by atoms with Crippen molar-refractivity contribution >= 4 is 16.6 Å². The lowest BCUT2D eigenvalue weighted by Crippen LogP contribution is -2.54. The summed E-state index contributed by atoms with van der Waals surface area (Å²) in [6.07, 6.45) is 3.36. The van der Waals surface area contributed by atoms with Crippen molar-refractivity contribution in [2.45, 2.75) is 13.0 Å². The van der Waals surface area contributed by atoms with E-state index in [0.717, 1.165) is 16.7 Å². The van der Waals surface area contributed by atoms with Crippen molar-refractivity contribution in [3.8, 4) is 0 Å². The minimum absolute atomic E-state index is 0.877. The van der Waals surface area contributed by atoms with Gasteiger partial charge in [-0.25, -0.2) is 0 Å². The number of fused-ring (bicyclic) bond motifs is 1. The number of piperazine rings is 1. The summed E-state index contributed by atoms with van der Waals surface area (Å²) in [5.74, 6) is 0. The van der Waals surface area contributed by atoms with Crippen molar-refractivity contribution in [3.05, 3.63) is 30.5 Å². The monoisotopic (exact) mass is 287 g/mol. The molecule has 1 aromatic heterocycles. The molecule has 0 spiro atoms. The van der Waals surface area contributed by atoms with Gasteiger partial charge in [0.05, 0.1) is 32.7 Å². The lowest BCUT2D eigenvalue weighted by atomic mass is 10.2. The number of quaternary nitrogens is 1. The summed E-state index contributed by atoms with van der Waals surface area (Å²) in [5.41, 5.74) is 8.15. The van der Waals surface area contributed by atoms with E-state index in [1.165, 1.54) is 50.0 Å². The van der Waals surface area contributed by atoms with Crippen molar-refractivity contribution in [1.82, 2.24) is 9.47 Å². The quantitative estimate of drug-likeness (QED) is 0.689. The molecule has 21 heavy (non-hydrogen) atoms. The van der Waals surface area contributed by atoms with Crippen LogP contribution in [-0.2, 0) is 6.54 Å². The second-order valence-electron chi connectivity index (χ2n) is 6.87. The highest BCUT2D eigenvalue weighted by atomic mass is 15.4. The summed E-state index contributed by atoms with van der Waals surface area (Å²) in [6, 6.07) is 8.30. The van der Waals surface area contributed by atoms with Crippen molar-refractivity contribution in [3.63, 3.8) is 0 Å². The highest BCUT2D eigenvalue weighted by molar-refractivity contribution is 5.91. The van der Waals surface area contributed by atoms with Crippen LogP contribution < -0.4 is 5.73 Å². The predicted molar refractivity (Wildman–Crippen MR) is 89.2 cm³/mol. The van der Waals surface area contributed by atoms with Crippen LogP contribution in [0.3, 0.4) is 0 Å². The fourth-order valence-electron chi connectivity index (χ4n) is 3.18. The van der Waals surface area contributed by atoms with Gasteiger partial charge in [-0.3, -0.25) is 4.90 Å². The van der Waals surface area contributed by atoms with Crippen LogP contribution in [0.1, 0.15) is 6.42 Å². The molecule has 3 rings (SSSR count). The van der Waals surface area contributed by atoms with E-state index in [0.29, 0.717) is 0 Å². The third-order valence-corrected chi connectivity index (χ3v) is 4.76. The number of hydrogen-bond acceptors (Lipinski definition) is 2. The highest BCUT2D eigenvalue weighted by Crippen LogP contribution is 2.22. The molecule has 0 unspecified atom stereocenters. The maximum Gasteiger partial charge on any atom is 0.0912 e. The lowest BCUT2D eigenvalue weighted by Gasteiger charge is -2.39. The Labute approximate surface area is 127 Å². The zero-order valence-corrected chi connectivity index (χ0v) is 13.3. The average molecular weight is 287 g/mol. The Balaban J connectivity index is 1.54. The molecule has 1 saturated heterocycles. The van der Waals surface area contributed by atoms with Gasteiger partial charge in [0.25, 0.3) is 0 Å². The molecular weight excluding hydrogens is 260 g/mol. The largest absolute Gasteiger partial charge is 0.398 e. The number of aryl methyl sites for hydroxylation is 1. The molecule has 0 amide bonds. The summed E-state index contributed by atoms with van der Waals surface area (Å²) in [7, 11) is 4.65. The summed E-state index contributed by atoms with van der Waals surface area (Å²) in [6.45, 7) is 7.26. The van der Waals surface area contributed by atoms with E-state index >= 15 is 0 Å². The first-order chi connectivity index (χ1) is 10.1. The zero-order chi connectivity index (χ0) is 14.9. The van der Waals surface area contributed by atoms with Gasteiger partial charge in [0, 0.05) is 43.4 Å². The number of nitrogen functional groups attached to an aromatic ring is 1. The van der Waals surface area contributed by atoms with Gasteiger partial charge in [-0.1, -0.05) is 6.07 Å². The number of nitrogens with zero attached hydrogens (tertiary/aromatic N) is 3. The fraction of sp³-hybridized carbons (Fsp3) is 0.529. The van der Waals surface area contributed by atoms with Crippen LogP contribution in [0.25, 0.3) is 10.9 Å². The van der Waals surface area contributed by atoms with E-state index < -0.39 is 0 Å². The molecule has 4 heteroatoms. The minimum atomic E-state index is 0.877. The molecule has 114 valence electrons. The molecule has 0 atom stereocenters.